The molecule has 0 unspecified atom stereocenters. The van der Waals surface area contributed by atoms with E-state index in [4.69, 9.17) is 9.47 Å². The Kier molecular flexibility index (Phi) is 5.21. The van der Waals surface area contributed by atoms with Gasteiger partial charge in [-0.1, -0.05) is 18.2 Å². The molecule has 110 valence electrons. The van der Waals surface area contributed by atoms with Gasteiger partial charge in [-0.05, 0) is 57.0 Å². The third-order valence-corrected chi connectivity index (χ3v) is 3.18. The van der Waals surface area contributed by atoms with Gasteiger partial charge in [-0.15, -0.1) is 0 Å². The second-order valence-electron chi connectivity index (χ2n) is 6.02. The zero-order chi connectivity index (χ0) is 14.4. The molecule has 0 amide bonds. The number of hydrogen-bond acceptors (Lipinski definition) is 3. The highest BCUT2D eigenvalue weighted by Gasteiger charge is 2.09. The topological polar surface area (TPSA) is 30.5 Å². The lowest BCUT2D eigenvalue weighted by atomic mass is 10.0. The highest BCUT2D eigenvalue weighted by Crippen LogP contribution is 2.22. The van der Waals surface area contributed by atoms with Gasteiger partial charge in [0.05, 0.1) is 12.2 Å². The smallest absolute Gasteiger partial charge is 0.119 e. The summed E-state index contributed by atoms with van der Waals surface area (Å²) in [6.07, 6.45) is 3.36. The van der Waals surface area contributed by atoms with E-state index >= 15 is 0 Å². The minimum absolute atomic E-state index is 0.102. The fourth-order valence-electron chi connectivity index (χ4n) is 2.16. The molecule has 1 N–H and O–H groups in total. The van der Waals surface area contributed by atoms with Crippen LogP contribution in [-0.2, 0) is 4.74 Å². The summed E-state index contributed by atoms with van der Waals surface area (Å²) in [5, 5.41) is 3.33. The maximum Gasteiger partial charge on any atom is 0.119 e. The van der Waals surface area contributed by atoms with Crippen LogP contribution in [0.1, 0.15) is 32.8 Å². The maximum atomic E-state index is 5.69. The minimum atomic E-state index is -0.102. The molecule has 0 fully saturated rings. The molecule has 0 spiro atoms. The fourth-order valence-corrected chi connectivity index (χ4v) is 2.16. The van der Waals surface area contributed by atoms with E-state index in [-0.39, 0.29) is 5.60 Å². The van der Waals surface area contributed by atoms with Crippen LogP contribution in [0.5, 0.6) is 5.75 Å². The number of benzene rings is 1. The Labute approximate surface area is 122 Å². The molecule has 3 nitrogen and oxygen atoms in total. The van der Waals surface area contributed by atoms with E-state index in [0.717, 1.165) is 25.3 Å². The molecular weight excluding hydrogens is 250 g/mol. The quantitative estimate of drug-likeness (QED) is 0.837. The summed E-state index contributed by atoms with van der Waals surface area (Å²) in [6.45, 7) is 9.38. The van der Waals surface area contributed by atoms with E-state index < -0.39 is 0 Å². The molecule has 1 heterocycles. The van der Waals surface area contributed by atoms with Gasteiger partial charge in [0.15, 0.2) is 0 Å². The second kappa shape index (κ2) is 6.91. The van der Waals surface area contributed by atoms with Gasteiger partial charge < -0.3 is 14.8 Å². The Bertz CT molecular complexity index is 443. The SMILES string of the molecule is CC(C)(C)OCCOc1ccc(C2=CCNCC2)cc1. The summed E-state index contributed by atoms with van der Waals surface area (Å²) in [5.74, 6) is 0.904. The summed E-state index contributed by atoms with van der Waals surface area (Å²) < 4.78 is 11.3. The first-order valence-corrected chi connectivity index (χ1v) is 7.31. The van der Waals surface area contributed by atoms with Crippen LogP contribution in [0.3, 0.4) is 0 Å². The third kappa shape index (κ3) is 4.99. The van der Waals surface area contributed by atoms with E-state index in [0.29, 0.717) is 13.2 Å². The van der Waals surface area contributed by atoms with Crippen molar-refractivity contribution < 1.29 is 9.47 Å². The van der Waals surface area contributed by atoms with Crippen molar-refractivity contribution in [2.45, 2.75) is 32.8 Å². The van der Waals surface area contributed by atoms with Crippen molar-refractivity contribution in [2.24, 2.45) is 0 Å². The average Bonchev–Trinajstić information content (AvgIpc) is 2.44. The molecule has 2 rings (SSSR count). The van der Waals surface area contributed by atoms with Crippen LogP contribution in [0.25, 0.3) is 5.57 Å². The Morgan fingerprint density at radius 2 is 1.85 bits per heavy atom. The molecule has 1 aromatic carbocycles. The van der Waals surface area contributed by atoms with Gasteiger partial charge >= 0.3 is 0 Å². The van der Waals surface area contributed by atoms with E-state index in [9.17, 15) is 0 Å². The van der Waals surface area contributed by atoms with Gasteiger partial charge in [0.1, 0.15) is 12.4 Å². The first kappa shape index (κ1) is 15.1. The summed E-state index contributed by atoms with van der Waals surface area (Å²) >= 11 is 0. The van der Waals surface area contributed by atoms with E-state index in [1.807, 2.05) is 12.1 Å². The lowest BCUT2D eigenvalue weighted by Crippen LogP contribution is -2.22. The molecule has 0 saturated carbocycles. The normalized spacial score (nSPS) is 15.8. The van der Waals surface area contributed by atoms with E-state index in [1.54, 1.807) is 0 Å². The van der Waals surface area contributed by atoms with E-state index in [2.05, 4.69) is 44.3 Å². The fraction of sp³-hybridized carbons (Fsp3) is 0.529. The number of hydrogen-bond donors (Lipinski definition) is 1. The van der Waals surface area contributed by atoms with Crippen LogP contribution in [0.4, 0.5) is 0 Å². The summed E-state index contributed by atoms with van der Waals surface area (Å²) in [7, 11) is 0. The first-order valence-electron chi connectivity index (χ1n) is 7.31. The van der Waals surface area contributed by atoms with Crippen LogP contribution in [0.15, 0.2) is 30.3 Å². The lowest BCUT2D eigenvalue weighted by Gasteiger charge is -2.19. The van der Waals surface area contributed by atoms with Gasteiger partial charge in [-0.25, -0.2) is 0 Å². The van der Waals surface area contributed by atoms with Gasteiger partial charge in [0, 0.05) is 6.54 Å². The van der Waals surface area contributed by atoms with Gasteiger partial charge in [0.25, 0.3) is 0 Å². The molecular formula is C17H25NO2. The number of nitrogens with one attached hydrogen (secondary N) is 1. The van der Waals surface area contributed by atoms with Crippen molar-refractivity contribution in [2.75, 3.05) is 26.3 Å². The molecule has 0 atom stereocenters. The first-order chi connectivity index (χ1) is 9.54. The Balaban J connectivity index is 1.81. The number of rotatable bonds is 5. The van der Waals surface area contributed by atoms with Crippen molar-refractivity contribution in [3.8, 4) is 5.75 Å². The Hall–Kier alpha value is -1.32. The van der Waals surface area contributed by atoms with Gasteiger partial charge in [0.2, 0.25) is 0 Å². The highest BCUT2D eigenvalue weighted by atomic mass is 16.5. The van der Waals surface area contributed by atoms with Crippen molar-refractivity contribution >= 4 is 5.57 Å². The van der Waals surface area contributed by atoms with Crippen molar-refractivity contribution in [1.29, 1.82) is 0 Å². The Morgan fingerprint density at radius 1 is 1.10 bits per heavy atom. The lowest BCUT2D eigenvalue weighted by molar-refractivity contribution is -0.0163. The monoisotopic (exact) mass is 275 g/mol. The summed E-state index contributed by atoms with van der Waals surface area (Å²) in [5.41, 5.74) is 2.62. The molecule has 3 heteroatoms. The van der Waals surface area contributed by atoms with Crippen molar-refractivity contribution in [1.82, 2.24) is 5.32 Å². The zero-order valence-corrected chi connectivity index (χ0v) is 12.7. The largest absolute Gasteiger partial charge is 0.491 e. The molecule has 0 bridgehead atoms. The summed E-state index contributed by atoms with van der Waals surface area (Å²) in [4.78, 5) is 0. The van der Waals surface area contributed by atoms with Crippen LogP contribution >= 0.6 is 0 Å². The standard InChI is InChI=1S/C17H25NO2/c1-17(2,3)20-13-12-19-16-6-4-14(5-7-16)15-8-10-18-11-9-15/h4-8,18H,9-13H2,1-3H3. The third-order valence-electron chi connectivity index (χ3n) is 3.18. The maximum absolute atomic E-state index is 5.69. The molecule has 0 radical (unpaired) electrons. The molecule has 1 aromatic rings. The molecule has 1 aliphatic rings. The minimum Gasteiger partial charge on any atom is -0.491 e. The molecule has 0 aliphatic carbocycles. The van der Waals surface area contributed by atoms with Crippen molar-refractivity contribution in [3.63, 3.8) is 0 Å². The van der Waals surface area contributed by atoms with Gasteiger partial charge in [-0.3, -0.25) is 0 Å². The predicted molar refractivity (Wildman–Crippen MR) is 83.1 cm³/mol. The Morgan fingerprint density at radius 3 is 2.45 bits per heavy atom. The summed E-state index contributed by atoms with van der Waals surface area (Å²) in [6, 6.07) is 8.35. The van der Waals surface area contributed by atoms with Crippen molar-refractivity contribution in [3.05, 3.63) is 35.9 Å². The molecule has 1 aliphatic heterocycles. The number of ether oxygens (including phenoxy) is 2. The molecule has 0 saturated heterocycles. The van der Waals surface area contributed by atoms with E-state index in [1.165, 1.54) is 11.1 Å². The molecule has 0 aromatic heterocycles. The predicted octanol–water partition coefficient (Wildman–Crippen LogP) is 3.26. The highest BCUT2D eigenvalue weighted by molar-refractivity contribution is 5.67. The zero-order valence-electron chi connectivity index (χ0n) is 12.7. The van der Waals surface area contributed by atoms with Crippen LogP contribution in [-0.4, -0.2) is 31.9 Å². The second-order valence-corrected chi connectivity index (χ2v) is 6.02. The molecule has 20 heavy (non-hydrogen) atoms. The van der Waals surface area contributed by atoms with Crippen LogP contribution < -0.4 is 10.1 Å². The van der Waals surface area contributed by atoms with Gasteiger partial charge in [-0.2, -0.15) is 0 Å². The van der Waals surface area contributed by atoms with Crippen LogP contribution in [0.2, 0.25) is 0 Å². The van der Waals surface area contributed by atoms with Crippen LogP contribution in [0, 0.1) is 0 Å². The average molecular weight is 275 g/mol.